The van der Waals surface area contributed by atoms with Gasteiger partial charge in [0.2, 0.25) is 5.01 Å². The highest BCUT2D eigenvalue weighted by molar-refractivity contribution is 7.11. The third-order valence-corrected chi connectivity index (χ3v) is 5.09. The highest BCUT2D eigenvalue weighted by Crippen LogP contribution is 2.33. The predicted octanol–water partition coefficient (Wildman–Crippen LogP) is 4.90. The lowest BCUT2D eigenvalue weighted by molar-refractivity contribution is -0.138. The number of nitrogens with zero attached hydrogens (tertiary/aromatic N) is 4. The van der Waals surface area contributed by atoms with E-state index in [1.165, 1.54) is 0 Å². The van der Waals surface area contributed by atoms with E-state index in [0.29, 0.717) is 22.3 Å². The lowest BCUT2D eigenvalue weighted by Crippen LogP contribution is -2.03. The summed E-state index contributed by atoms with van der Waals surface area (Å²) in [6.07, 6.45) is -3.35. The molecule has 4 nitrogen and oxygen atoms in total. The van der Waals surface area contributed by atoms with E-state index in [4.69, 9.17) is 0 Å². The zero-order valence-corrected chi connectivity index (χ0v) is 14.7. The first-order valence-corrected chi connectivity index (χ1v) is 8.51. The summed E-state index contributed by atoms with van der Waals surface area (Å²) in [6, 6.07) is 0. The maximum atomic E-state index is 12.0. The van der Waals surface area contributed by atoms with E-state index in [1.807, 2.05) is 0 Å². The summed E-state index contributed by atoms with van der Waals surface area (Å²) in [5.41, 5.74) is 0. The lowest BCUT2D eigenvalue weighted by atomic mass is 10.2. The number of aromatic nitrogens is 4. The SMILES string of the molecule is CC(C)c1nnc(C(F)(F)F)s1.CCc1nnc(C(C)C)s1. The molecular formula is C13H19F3N4S2. The molecule has 0 radical (unpaired) electrons. The molecule has 0 amide bonds. The van der Waals surface area contributed by atoms with Crippen LogP contribution in [0.4, 0.5) is 13.2 Å². The zero-order valence-electron chi connectivity index (χ0n) is 13.1. The van der Waals surface area contributed by atoms with E-state index in [1.54, 1.807) is 25.2 Å². The summed E-state index contributed by atoms with van der Waals surface area (Å²) >= 11 is 2.32. The molecule has 0 aliphatic carbocycles. The Morgan fingerprint density at radius 3 is 1.64 bits per heavy atom. The third kappa shape index (κ3) is 5.60. The summed E-state index contributed by atoms with van der Waals surface area (Å²) in [5, 5.41) is 16.4. The molecule has 9 heteroatoms. The minimum Gasteiger partial charge on any atom is -0.164 e. The van der Waals surface area contributed by atoms with Crippen LogP contribution in [0.3, 0.4) is 0 Å². The Hall–Kier alpha value is -1.09. The molecule has 0 spiro atoms. The fourth-order valence-corrected chi connectivity index (χ4v) is 2.72. The number of alkyl halides is 3. The fourth-order valence-electron chi connectivity index (χ4n) is 1.23. The van der Waals surface area contributed by atoms with Crippen LogP contribution >= 0.6 is 22.7 Å². The van der Waals surface area contributed by atoms with E-state index in [2.05, 4.69) is 41.2 Å². The quantitative estimate of drug-likeness (QED) is 0.788. The van der Waals surface area contributed by atoms with Gasteiger partial charge in [-0.25, -0.2) is 0 Å². The van der Waals surface area contributed by atoms with Crippen molar-refractivity contribution in [3.63, 3.8) is 0 Å². The highest BCUT2D eigenvalue weighted by atomic mass is 32.1. The average molecular weight is 352 g/mol. The van der Waals surface area contributed by atoms with Crippen LogP contribution in [0.5, 0.6) is 0 Å². The first-order chi connectivity index (χ1) is 10.1. The molecule has 0 atom stereocenters. The molecule has 0 saturated carbocycles. The molecule has 2 heterocycles. The lowest BCUT2D eigenvalue weighted by Gasteiger charge is -1.98. The molecule has 2 aromatic heterocycles. The van der Waals surface area contributed by atoms with Gasteiger partial charge in [0.25, 0.3) is 0 Å². The van der Waals surface area contributed by atoms with E-state index in [9.17, 15) is 13.2 Å². The van der Waals surface area contributed by atoms with Crippen molar-refractivity contribution in [3.8, 4) is 0 Å². The average Bonchev–Trinajstić information content (AvgIpc) is 3.08. The minimum absolute atomic E-state index is 0.00130. The van der Waals surface area contributed by atoms with Crippen LogP contribution in [-0.4, -0.2) is 20.4 Å². The van der Waals surface area contributed by atoms with Gasteiger partial charge >= 0.3 is 6.18 Å². The van der Waals surface area contributed by atoms with Gasteiger partial charge in [-0.15, -0.1) is 31.7 Å². The largest absolute Gasteiger partial charge is 0.445 e. The van der Waals surface area contributed by atoms with Gasteiger partial charge in [0.15, 0.2) is 0 Å². The minimum atomic E-state index is -4.36. The van der Waals surface area contributed by atoms with Crippen LogP contribution in [0.15, 0.2) is 0 Å². The first-order valence-electron chi connectivity index (χ1n) is 6.88. The van der Waals surface area contributed by atoms with Crippen LogP contribution < -0.4 is 0 Å². The second kappa shape index (κ2) is 7.96. The Morgan fingerprint density at radius 1 is 0.864 bits per heavy atom. The van der Waals surface area contributed by atoms with E-state index >= 15 is 0 Å². The number of aryl methyl sites for hydroxylation is 1. The van der Waals surface area contributed by atoms with E-state index < -0.39 is 11.2 Å². The highest BCUT2D eigenvalue weighted by Gasteiger charge is 2.35. The molecule has 0 saturated heterocycles. The van der Waals surface area contributed by atoms with Crippen molar-refractivity contribution in [1.82, 2.24) is 20.4 Å². The number of hydrogen-bond donors (Lipinski definition) is 0. The van der Waals surface area contributed by atoms with Crippen LogP contribution in [0.1, 0.15) is 66.5 Å². The van der Waals surface area contributed by atoms with Crippen molar-refractivity contribution in [2.45, 2.75) is 59.1 Å². The Balaban J connectivity index is 0.000000224. The summed E-state index contributed by atoms with van der Waals surface area (Å²) in [4.78, 5) is 0. The van der Waals surface area contributed by atoms with E-state index in [0.717, 1.165) is 16.4 Å². The van der Waals surface area contributed by atoms with Gasteiger partial charge in [-0.2, -0.15) is 13.2 Å². The summed E-state index contributed by atoms with van der Waals surface area (Å²) in [5.74, 6) is 0.524. The molecule has 22 heavy (non-hydrogen) atoms. The molecule has 124 valence electrons. The van der Waals surface area contributed by atoms with Gasteiger partial charge in [0, 0.05) is 11.8 Å². The van der Waals surface area contributed by atoms with Gasteiger partial charge in [-0.05, 0) is 6.42 Å². The zero-order chi connectivity index (χ0) is 16.9. The third-order valence-electron chi connectivity index (χ3n) is 2.46. The molecule has 0 fully saturated rings. The maximum Gasteiger partial charge on any atom is 0.445 e. The Bertz CT molecular complexity index is 576. The molecule has 0 unspecified atom stereocenters. The standard InChI is InChI=1S/C7H12N2S.C6H7F3N2S/c1-4-6-8-9-7(10-6)5(2)3;1-3(2)4-10-11-5(12-4)6(7,8)9/h5H,4H2,1-3H3;3H,1-2H3. The monoisotopic (exact) mass is 352 g/mol. The second-order valence-corrected chi connectivity index (χ2v) is 7.24. The topological polar surface area (TPSA) is 51.6 Å². The molecule has 0 aliphatic heterocycles. The van der Waals surface area contributed by atoms with Crippen LogP contribution in [0.25, 0.3) is 0 Å². The predicted molar refractivity (Wildman–Crippen MR) is 82.4 cm³/mol. The van der Waals surface area contributed by atoms with Gasteiger partial charge in [-0.3, -0.25) is 0 Å². The van der Waals surface area contributed by atoms with Gasteiger partial charge < -0.3 is 0 Å². The molecule has 0 N–H and O–H groups in total. The Labute approximate surface area is 135 Å². The number of halogens is 3. The van der Waals surface area contributed by atoms with Crippen molar-refractivity contribution in [2.24, 2.45) is 0 Å². The molecule has 0 aliphatic rings. The Morgan fingerprint density at radius 2 is 1.36 bits per heavy atom. The number of hydrogen-bond acceptors (Lipinski definition) is 6. The Kier molecular flexibility index (Phi) is 6.86. The molecule has 2 aromatic rings. The normalized spacial score (nSPS) is 11.7. The van der Waals surface area contributed by atoms with Gasteiger partial charge in [0.05, 0.1) is 0 Å². The smallest absolute Gasteiger partial charge is 0.164 e. The summed E-state index contributed by atoms with van der Waals surface area (Å²) in [6.45, 7) is 9.94. The van der Waals surface area contributed by atoms with Crippen molar-refractivity contribution >= 4 is 22.7 Å². The van der Waals surface area contributed by atoms with Crippen molar-refractivity contribution in [1.29, 1.82) is 0 Å². The fraction of sp³-hybridized carbons (Fsp3) is 0.692. The maximum absolute atomic E-state index is 12.0. The second-order valence-electron chi connectivity index (χ2n) is 5.14. The van der Waals surface area contributed by atoms with Crippen molar-refractivity contribution in [3.05, 3.63) is 20.0 Å². The van der Waals surface area contributed by atoms with Crippen LogP contribution in [-0.2, 0) is 12.6 Å². The van der Waals surface area contributed by atoms with Gasteiger partial charge in [-0.1, -0.05) is 46.0 Å². The van der Waals surface area contributed by atoms with Crippen LogP contribution in [0, 0.1) is 0 Å². The molecule has 0 aromatic carbocycles. The summed E-state index contributed by atoms with van der Waals surface area (Å²) < 4.78 is 35.9. The van der Waals surface area contributed by atoms with Crippen LogP contribution in [0.2, 0.25) is 0 Å². The molecule has 0 bridgehead atoms. The molecular weight excluding hydrogens is 333 g/mol. The van der Waals surface area contributed by atoms with Crippen molar-refractivity contribution < 1.29 is 13.2 Å². The van der Waals surface area contributed by atoms with Crippen molar-refractivity contribution in [2.75, 3.05) is 0 Å². The first kappa shape index (κ1) is 19.0. The molecule has 2 rings (SSSR count). The summed E-state index contributed by atoms with van der Waals surface area (Å²) in [7, 11) is 0. The number of rotatable bonds is 3. The van der Waals surface area contributed by atoms with E-state index in [-0.39, 0.29) is 5.92 Å². The van der Waals surface area contributed by atoms with Gasteiger partial charge in [0.1, 0.15) is 15.0 Å².